The predicted octanol–water partition coefficient (Wildman–Crippen LogP) is 7.44. The number of rotatable bonds is 1. The van der Waals surface area contributed by atoms with Crippen molar-refractivity contribution < 1.29 is 0 Å². The molecule has 0 radical (unpaired) electrons. The van der Waals surface area contributed by atoms with Crippen LogP contribution < -0.4 is 0 Å². The smallest absolute Gasteiger partial charge is 0.0388 e. The van der Waals surface area contributed by atoms with Crippen molar-refractivity contribution in [1.82, 2.24) is 0 Å². The molecule has 19 heavy (non-hydrogen) atoms. The molecule has 0 aliphatic carbocycles. The van der Waals surface area contributed by atoms with Gasteiger partial charge < -0.3 is 0 Å². The highest BCUT2D eigenvalue weighted by Crippen LogP contribution is 2.96. The Morgan fingerprint density at radius 1 is 0.684 bits per heavy atom. The second-order valence-corrected chi connectivity index (χ2v) is 15.4. The Labute approximate surface area is 124 Å². The maximum atomic E-state index is 7.34. The predicted molar refractivity (Wildman–Crippen MR) is 93.0 cm³/mol. The molecule has 1 aliphatic rings. The number of hydrogen-bond acceptors (Lipinski definition) is 0. The van der Waals surface area contributed by atoms with E-state index in [9.17, 15) is 0 Å². The van der Waals surface area contributed by atoms with Crippen LogP contribution in [0.1, 0.15) is 49.4 Å². The number of allylic oxidation sites excluding steroid dienone is 4. The summed E-state index contributed by atoms with van der Waals surface area (Å²) in [7, 11) is -0.341. The fraction of sp³-hybridized carbons (Fsp3) is 0.500. The molecular weight excluding hydrogens is 290 g/mol. The molecule has 0 spiro atoms. The van der Waals surface area contributed by atoms with Crippen LogP contribution in [-0.2, 0) is 0 Å². The first-order chi connectivity index (χ1) is 8.65. The molecule has 3 heteroatoms. The van der Waals surface area contributed by atoms with Gasteiger partial charge in [-0.3, -0.25) is 0 Å². The van der Waals surface area contributed by atoms with Crippen LogP contribution in [0.25, 0.3) is 0 Å². The fourth-order valence-corrected chi connectivity index (χ4v) is 16.6. The molecular formula is C16H24ClP2+. The van der Waals surface area contributed by atoms with Gasteiger partial charge in [0.05, 0.1) is 7.22 Å². The molecule has 2 heterocycles. The number of hydrogen-bond donors (Lipinski definition) is 0. The lowest BCUT2D eigenvalue weighted by atomic mass is 10.1. The quantitative estimate of drug-likeness (QED) is 0.472. The molecule has 0 nitrogen and oxygen atoms in total. The second-order valence-electron chi connectivity index (χ2n) is 5.71. The lowest BCUT2D eigenvalue weighted by molar-refractivity contribution is 1.31. The van der Waals surface area contributed by atoms with Gasteiger partial charge in [0, 0.05) is 10.6 Å². The fourth-order valence-electron chi connectivity index (χ4n) is 3.06. The van der Waals surface area contributed by atoms with Gasteiger partial charge >= 0.3 is 0 Å². The normalized spacial score (nSPS) is 18.8. The first-order valence-electron chi connectivity index (χ1n) is 6.76. The summed E-state index contributed by atoms with van der Waals surface area (Å²) in [5, 5.41) is 6.04. The first kappa shape index (κ1) is 15.4. The maximum absolute atomic E-state index is 7.34. The van der Waals surface area contributed by atoms with E-state index in [1.807, 2.05) is 0 Å². The molecule has 0 amide bonds. The van der Waals surface area contributed by atoms with E-state index in [2.05, 4.69) is 55.4 Å². The summed E-state index contributed by atoms with van der Waals surface area (Å²) in [4.78, 5) is 0. The van der Waals surface area contributed by atoms with Crippen LogP contribution in [0.15, 0.2) is 21.8 Å². The highest BCUT2D eigenvalue weighted by molar-refractivity contribution is 8.50. The van der Waals surface area contributed by atoms with E-state index in [1.165, 1.54) is 32.9 Å². The van der Waals surface area contributed by atoms with Crippen LogP contribution >= 0.6 is 24.8 Å². The molecule has 1 aromatic heterocycles. The minimum absolute atomic E-state index is 0.341. The molecule has 2 rings (SSSR count). The summed E-state index contributed by atoms with van der Waals surface area (Å²) in [5.74, 6) is 0. The third-order valence-electron chi connectivity index (χ3n) is 5.10. The van der Waals surface area contributed by atoms with E-state index < -0.39 is 6.30 Å². The van der Waals surface area contributed by atoms with Gasteiger partial charge in [0.15, 0.2) is 0 Å². The van der Waals surface area contributed by atoms with Crippen LogP contribution in [0.4, 0.5) is 0 Å². The summed E-state index contributed by atoms with van der Waals surface area (Å²) in [5.41, 5.74) is 5.83. The second kappa shape index (κ2) is 4.77. The third kappa shape index (κ3) is 1.84. The summed E-state index contributed by atoms with van der Waals surface area (Å²) >= 11 is 7.34. The average molecular weight is 314 g/mol. The van der Waals surface area contributed by atoms with E-state index in [1.54, 1.807) is 10.6 Å². The summed E-state index contributed by atoms with van der Waals surface area (Å²) in [6.45, 7) is 18.1. The van der Waals surface area contributed by atoms with Gasteiger partial charge in [-0.2, -0.15) is 0 Å². The highest BCUT2D eigenvalue weighted by atomic mass is 35.7. The Balaban J connectivity index is 2.84. The van der Waals surface area contributed by atoms with Crippen molar-refractivity contribution in [2.24, 2.45) is 0 Å². The molecule has 0 unspecified atom stereocenters. The van der Waals surface area contributed by atoms with Crippen molar-refractivity contribution in [3.05, 3.63) is 43.5 Å². The van der Waals surface area contributed by atoms with Gasteiger partial charge in [-0.05, 0) is 77.7 Å². The van der Waals surface area contributed by atoms with E-state index in [0.717, 1.165) is 0 Å². The van der Waals surface area contributed by atoms with Gasteiger partial charge in [-0.1, -0.05) is 0 Å². The van der Waals surface area contributed by atoms with Crippen LogP contribution in [0, 0.1) is 27.7 Å². The molecule has 0 aromatic carbocycles. The molecule has 0 bridgehead atoms. The summed E-state index contributed by atoms with van der Waals surface area (Å²) in [6.07, 6.45) is -1.67. The van der Waals surface area contributed by atoms with Crippen molar-refractivity contribution in [2.45, 2.75) is 55.4 Å². The van der Waals surface area contributed by atoms with E-state index >= 15 is 0 Å². The Morgan fingerprint density at radius 3 is 1.32 bits per heavy atom. The van der Waals surface area contributed by atoms with Crippen LogP contribution in [-0.4, -0.2) is 0 Å². The van der Waals surface area contributed by atoms with Crippen LogP contribution in [0.5, 0.6) is 0 Å². The molecule has 0 saturated carbocycles. The summed E-state index contributed by atoms with van der Waals surface area (Å²) < 4.78 is 0. The van der Waals surface area contributed by atoms with Gasteiger partial charge in [-0.15, -0.1) is 0 Å². The lowest BCUT2D eigenvalue weighted by Crippen LogP contribution is -1.81. The van der Waals surface area contributed by atoms with E-state index in [4.69, 9.17) is 11.2 Å². The largest absolute Gasteiger partial charge is 0.211 e. The van der Waals surface area contributed by atoms with Crippen LogP contribution in [0.3, 0.4) is 0 Å². The molecule has 0 fully saturated rings. The Hall–Kier alpha value is -0.0200. The molecule has 104 valence electrons. The van der Waals surface area contributed by atoms with Gasteiger partial charge in [0.25, 0.3) is 0 Å². The van der Waals surface area contributed by atoms with Gasteiger partial charge in [0.2, 0.25) is 6.30 Å². The Bertz CT molecular complexity index is 580. The molecule has 1 aliphatic heterocycles. The Kier molecular flexibility index (Phi) is 3.86. The monoisotopic (exact) mass is 313 g/mol. The summed E-state index contributed by atoms with van der Waals surface area (Å²) in [6, 6.07) is 0. The Morgan fingerprint density at radius 2 is 1.00 bits per heavy atom. The zero-order valence-electron chi connectivity index (χ0n) is 13.3. The van der Waals surface area contributed by atoms with Gasteiger partial charge in [0.1, 0.15) is 21.9 Å². The zero-order chi connectivity index (χ0) is 14.7. The third-order valence-corrected chi connectivity index (χ3v) is 18.2. The van der Waals surface area contributed by atoms with E-state index in [0.29, 0.717) is 0 Å². The first-order valence-corrected chi connectivity index (χ1v) is 11.5. The standard InChI is InChI=1S/C16H24ClP2/c1-9-10(2)14(6)18(13(9)5)19(17)15(7)11(3)12(4)16(19)8/h1-8H3/q+1. The minimum atomic E-state index is -1.67. The SMILES string of the molecule is CC1=C(C)[P+](Cl)(p2c(C)c(C)c(C)c2C)C(C)=C1C. The van der Waals surface area contributed by atoms with Crippen molar-refractivity contribution in [2.75, 3.05) is 0 Å². The maximum Gasteiger partial charge on any atom is 0.211 e. The van der Waals surface area contributed by atoms with Crippen molar-refractivity contribution >= 4 is 24.8 Å². The molecule has 1 aromatic rings. The molecule has 0 saturated heterocycles. The van der Waals surface area contributed by atoms with Crippen molar-refractivity contribution in [3.8, 4) is 0 Å². The average Bonchev–Trinajstić information content (AvgIpc) is 2.66. The molecule has 0 N–H and O–H groups in total. The zero-order valence-corrected chi connectivity index (χ0v) is 15.8. The molecule has 0 atom stereocenters. The number of halogens is 1. The lowest BCUT2D eigenvalue weighted by Gasteiger charge is -2.18. The van der Waals surface area contributed by atoms with Crippen LogP contribution in [0.2, 0.25) is 0 Å². The van der Waals surface area contributed by atoms with Crippen molar-refractivity contribution in [3.63, 3.8) is 0 Å². The van der Waals surface area contributed by atoms with Crippen molar-refractivity contribution in [1.29, 1.82) is 0 Å². The topological polar surface area (TPSA) is 0 Å². The van der Waals surface area contributed by atoms with Gasteiger partial charge in [-0.25, -0.2) is 0 Å². The minimum Gasteiger partial charge on any atom is -0.0388 e. The highest BCUT2D eigenvalue weighted by Gasteiger charge is 2.52. The van der Waals surface area contributed by atoms with E-state index in [-0.39, 0.29) is 7.22 Å².